The molecular formula is C18H20N6O. The zero-order valence-corrected chi connectivity index (χ0v) is 14.3. The highest BCUT2D eigenvalue weighted by atomic mass is 16.1. The van der Waals surface area contributed by atoms with E-state index in [-0.39, 0.29) is 5.91 Å². The predicted molar refractivity (Wildman–Crippen MR) is 96.7 cm³/mol. The first kappa shape index (κ1) is 16.6. The van der Waals surface area contributed by atoms with Gasteiger partial charge in [-0.2, -0.15) is 5.10 Å². The molecule has 0 saturated heterocycles. The van der Waals surface area contributed by atoms with Gasteiger partial charge in [-0.3, -0.25) is 14.5 Å². The third kappa shape index (κ3) is 4.41. The summed E-state index contributed by atoms with van der Waals surface area (Å²) < 4.78 is 1.81. The third-order valence-corrected chi connectivity index (χ3v) is 3.73. The van der Waals surface area contributed by atoms with E-state index in [1.165, 1.54) is 5.56 Å². The van der Waals surface area contributed by atoms with Crippen LogP contribution in [-0.2, 0) is 13.0 Å². The standard InChI is InChI=1S/C18H20N6O/c1-23(2)17-4-3-15(13-20-17)18(25)21-16-8-12-24(22-16)11-7-14-5-9-19-10-6-14/h3-6,8-10,12-13H,7,11H2,1-2H3,(H,21,22,25). The van der Waals surface area contributed by atoms with Crippen molar-refractivity contribution in [1.29, 1.82) is 0 Å². The van der Waals surface area contributed by atoms with Crippen LogP contribution in [0.5, 0.6) is 0 Å². The molecule has 3 aromatic rings. The van der Waals surface area contributed by atoms with Gasteiger partial charge in [-0.05, 0) is 36.2 Å². The van der Waals surface area contributed by atoms with Gasteiger partial charge in [-0.15, -0.1) is 0 Å². The van der Waals surface area contributed by atoms with Crippen LogP contribution in [0.15, 0.2) is 55.1 Å². The van der Waals surface area contributed by atoms with Crippen molar-refractivity contribution >= 4 is 17.5 Å². The fraction of sp³-hybridized carbons (Fsp3) is 0.222. The fourth-order valence-corrected chi connectivity index (χ4v) is 2.32. The monoisotopic (exact) mass is 336 g/mol. The molecule has 0 spiro atoms. The van der Waals surface area contributed by atoms with Gasteiger partial charge in [0.25, 0.3) is 5.91 Å². The molecule has 0 bridgehead atoms. The lowest BCUT2D eigenvalue weighted by Gasteiger charge is -2.10. The number of nitrogens with zero attached hydrogens (tertiary/aromatic N) is 5. The van der Waals surface area contributed by atoms with Gasteiger partial charge in [-0.25, -0.2) is 4.98 Å². The summed E-state index contributed by atoms with van der Waals surface area (Å²) in [4.78, 5) is 22.4. The molecule has 0 saturated carbocycles. The molecule has 0 aromatic carbocycles. The molecule has 7 heteroatoms. The molecule has 1 N–H and O–H groups in total. The quantitative estimate of drug-likeness (QED) is 0.747. The molecule has 7 nitrogen and oxygen atoms in total. The van der Waals surface area contributed by atoms with Gasteiger partial charge in [-0.1, -0.05) is 0 Å². The number of amides is 1. The van der Waals surface area contributed by atoms with Crippen LogP contribution in [0.3, 0.4) is 0 Å². The maximum Gasteiger partial charge on any atom is 0.258 e. The topological polar surface area (TPSA) is 75.9 Å². The molecule has 0 radical (unpaired) electrons. The highest BCUT2D eigenvalue weighted by Gasteiger charge is 2.09. The van der Waals surface area contributed by atoms with Crippen molar-refractivity contribution in [3.63, 3.8) is 0 Å². The van der Waals surface area contributed by atoms with Crippen molar-refractivity contribution in [1.82, 2.24) is 19.7 Å². The lowest BCUT2D eigenvalue weighted by atomic mass is 10.2. The lowest BCUT2D eigenvalue weighted by molar-refractivity contribution is 0.102. The maximum atomic E-state index is 12.3. The number of hydrogen-bond acceptors (Lipinski definition) is 5. The summed E-state index contributed by atoms with van der Waals surface area (Å²) in [6.07, 6.45) is 7.82. The van der Waals surface area contributed by atoms with Crippen LogP contribution in [0.2, 0.25) is 0 Å². The summed E-state index contributed by atoms with van der Waals surface area (Å²) in [5.41, 5.74) is 1.69. The molecule has 1 amide bonds. The SMILES string of the molecule is CN(C)c1ccc(C(=O)Nc2ccn(CCc3ccncc3)n2)cn1. The number of rotatable bonds is 6. The van der Waals surface area contributed by atoms with E-state index in [0.29, 0.717) is 11.4 Å². The molecule has 0 aliphatic heterocycles. The molecule has 0 unspecified atom stereocenters. The van der Waals surface area contributed by atoms with Crippen LogP contribution >= 0.6 is 0 Å². The summed E-state index contributed by atoms with van der Waals surface area (Å²) >= 11 is 0. The minimum Gasteiger partial charge on any atom is -0.363 e. The van der Waals surface area contributed by atoms with E-state index in [9.17, 15) is 4.79 Å². The number of aryl methyl sites for hydroxylation is 2. The Labute approximate surface area is 146 Å². The van der Waals surface area contributed by atoms with Crippen molar-refractivity contribution in [2.75, 3.05) is 24.3 Å². The minimum absolute atomic E-state index is 0.225. The first-order chi connectivity index (χ1) is 12.1. The zero-order chi connectivity index (χ0) is 17.6. The second-order valence-corrected chi connectivity index (χ2v) is 5.82. The Kier molecular flexibility index (Phi) is 5.03. The van der Waals surface area contributed by atoms with E-state index in [4.69, 9.17) is 0 Å². The van der Waals surface area contributed by atoms with Crippen molar-refractivity contribution in [3.8, 4) is 0 Å². The maximum absolute atomic E-state index is 12.3. The number of carbonyl (C=O) groups excluding carboxylic acids is 1. The van der Waals surface area contributed by atoms with Gasteiger partial charge < -0.3 is 10.2 Å². The first-order valence-electron chi connectivity index (χ1n) is 7.99. The summed E-state index contributed by atoms with van der Waals surface area (Å²) in [5.74, 6) is 1.10. The summed E-state index contributed by atoms with van der Waals surface area (Å²) in [7, 11) is 3.81. The van der Waals surface area contributed by atoms with Gasteiger partial charge >= 0.3 is 0 Å². The van der Waals surface area contributed by atoms with E-state index in [1.54, 1.807) is 30.7 Å². The van der Waals surface area contributed by atoms with Crippen LogP contribution in [0, 0.1) is 0 Å². The number of carbonyl (C=O) groups is 1. The first-order valence-corrected chi connectivity index (χ1v) is 7.99. The second-order valence-electron chi connectivity index (χ2n) is 5.82. The Bertz CT molecular complexity index is 826. The molecule has 128 valence electrons. The summed E-state index contributed by atoms with van der Waals surface area (Å²) in [6, 6.07) is 9.31. The molecule has 3 rings (SSSR count). The van der Waals surface area contributed by atoms with E-state index >= 15 is 0 Å². The smallest absolute Gasteiger partial charge is 0.258 e. The molecule has 0 aliphatic rings. The molecule has 0 atom stereocenters. The van der Waals surface area contributed by atoms with Crippen LogP contribution in [0.25, 0.3) is 0 Å². The molecule has 3 aromatic heterocycles. The van der Waals surface area contributed by atoms with Crippen LogP contribution in [0.4, 0.5) is 11.6 Å². The van der Waals surface area contributed by atoms with Crippen molar-refractivity contribution in [2.24, 2.45) is 0 Å². The van der Waals surface area contributed by atoms with Crippen LogP contribution in [0.1, 0.15) is 15.9 Å². The summed E-state index contributed by atoms with van der Waals surface area (Å²) in [6.45, 7) is 0.735. The average Bonchev–Trinajstić information content (AvgIpc) is 3.08. The number of hydrogen-bond donors (Lipinski definition) is 1. The Hall–Kier alpha value is -3.22. The van der Waals surface area contributed by atoms with E-state index in [2.05, 4.69) is 20.4 Å². The molecular weight excluding hydrogens is 316 g/mol. The van der Waals surface area contributed by atoms with E-state index in [1.807, 2.05) is 48.1 Å². The normalized spacial score (nSPS) is 10.5. The fourth-order valence-electron chi connectivity index (χ4n) is 2.32. The van der Waals surface area contributed by atoms with Gasteiger partial charge in [0.1, 0.15) is 5.82 Å². The Morgan fingerprint density at radius 2 is 1.96 bits per heavy atom. The zero-order valence-electron chi connectivity index (χ0n) is 14.3. The lowest BCUT2D eigenvalue weighted by Crippen LogP contribution is -2.15. The Balaban J connectivity index is 1.58. The second kappa shape index (κ2) is 7.57. The van der Waals surface area contributed by atoms with E-state index in [0.717, 1.165) is 18.8 Å². The Morgan fingerprint density at radius 1 is 1.16 bits per heavy atom. The summed E-state index contributed by atoms with van der Waals surface area (Å²) in [5, 5.41) is 7.17. The van der Waals surface area contributed by atoms with Gasteiger partial charge in [0.2, 0.25) is 0 Å². The van der Waals surface area contributed by atoms with Gasteiger partial charge in [0.15, 0.2) is 5.82 Å². The number of pyridine rings is 2. The number of nitrogens with one attached hydrogen (secondary N) is 1. The minimum atomic E-state index is -0.225. The van der Waals surface area contributed by atoms with Crippen molar-refractivity contribution in [3.05, 3.63) is 66.2 Å². The molecule has 0 fully saturated rings. The van der Waals surface area contributed by atoms with E-state index < -0.39 is 0 Å². The molecule has 0 aliphatic carbocycles. The van der Waals surface area contributed by atoms with Crippen molar-refractivity contribution < 1.29 is 4.79 Å². The number of aromatic nitrogens is 4. The molecule has 25 heavy (non-hydrogen) atoms. The number of anilines is 2. The predicted octanol–water partition coefficient (Wildman–Crippen LogP) is 2.23. The average molecular weight is 336 g/mol. The van der Waals surface area contributed by atoms with Crippen molar-refractivity contribution in [2.45, 2.75) is 13.0 Å². The highest BCUT2D eigenvalue weighted by Crippen LogP contribution is 2.10. The van der Waals surface area contributed by atoms with Crippen LogP contribution in [-0.4, -0.2) is 39.8 Å². The van der Waals surface area contributed by atoms with Crippen LogP contribution < -0.4 is 10.2 Å². The molecule has 3 heterocycles. The van der Waals surface area contributed by atoms with Gasteiger partial charge in [0, 0.05) is 51.5 Å². The third-order valence-electron chi connectivity index (χ3n) is 3.73. The largest absolute Gasteiger partial charge is 0.363 e. The Morgan fingerprint density at radius 3 is 2.64 bits per heavy atom. The highest BCUT2D eigenvalue weighted by molar-refractivity contribution is 6.03. The van der Waals surface area contributed by atoms with Gasteiger partial charge in [0.05, 0.1) is 5.56 Å².